The Morgan fingerprint density at radius 3 is 1.63 bits per heavy atom. The molecule has 3 rings (SSSR count). The molecular weight excluding hydrogens is 336 g/mol. The molecule has 2 saturated heterocycles. The Kier molecular flexibility index (Phi) is 5.99. The average molecular weight is 379 g/mol. The molecule has 0 aromatic rings. The van der Waals surface area contributed by atoms with Crippen molar-refractivity contribution < 1.29 is 9.53 Å². The highest BCUT2D eigenvalue weighted by Crippen LogP contribution is 2.50. The monoisotopic (exact) mass is 378 g/mol. The van der Waals surface area contributed by atoms with Crippen LogP contribution in [-0.2, 0) is 9.53 Å². The van der Waals surface area contributed by atoms with E-state index < -0.39 is 5.60 Å². The molecule has 156 valence electrons. The number of ether oxygens (including phenoxy) is 1. The van der Waals surface area contributed by atoms with E-state index in [0.29, 0.717) is 0 Å². The number of likely N-dealkylation sites (N-methyl/N-ethyl adjacent to an activating group) is 1. The van der Waals surface area contributed by atoms with Crippen LogP contribution in [0, 0.1) is 0 Å². The second-order valence-corrected chi connectivity index (χ2v) is 10.8. The van der Waals surface area contributed by atoms with Gasteiger partial charge in [0, 0.05) is 31.0 Å². The molecule has 2 heterocycles. The molecule has 1 saturated carbocycles. The van der Waals surface area contributed by atoms with Gasteiger partial charge >= 0.3 is 0 Å². The highest BCUT2D eigenvalue weighted by Gasteiger charge is 2.63. The van der Waals surface area contributed by atoms with Crippen LogP contribution in [0.4, 0.5) is 0 Å². The quantitative estimate of drug-likeness (QED) is 0.633. The van der Waals surface area contributed by atoms with Crippen LogP contribution in [0.15, 0.2) is 0 Å². The molecular formula is C23H42N2O2. The molecule has 0 radical (unpaired) electrons. The lowest BCUT2D eigenvalue weighted by Crippen LogP contribution is -2.65. The highest BCUT2D eigenvalue weighted by molar-refractivity contribution is 5.88. The molecule has 27 heavy (non-hydrogen) atoms. The number of piperidine rings is 1. The number of carbonyl (C=O) groups excluding carboxylic acids is 1. The first-order valence-corrected chi connectivity index (χ1v) is 11.4. The summed E-state index contributed by atoms with van der Waals surface area (Å²) < 4.78 is 6.95. The number of nitrogens with one attached hydrogen (secondary N) is 1. The summed E-state index contributed by atoms with van der Waals surface area (Å²) in [6, 6.07) is 0. The van der Waals surface area contributed by atoms with E-state index in [9.17, 15) is 4.79 Å². The van der Waals surface area contributed by atoms with Crippen molar-refractivity contribution in [3.63, 3.8) is 0 Å². The van der Waals surface area contributed by atoms with E-state index in [1.807, 2.05) is 11.9 Å². The normalized spacial score (nSPS) is 30.9. The molecule has 0 bridgehead atoms. The molecule has 3 aliphatic rings. The number of amides is 1. The van der Waals surface area contributed by atoms with Crippen molar-refractivity contribution in [3.05, 3.63) is 0 Å². The summed E-state index contributed by atoms with van der Waals surface area (Å²) in [4.78, 5) is 15.6. The molecule has 3 fully saturated rings. The van der Waals surface area contributed by atoms with Gasteiger partial charge in [-0.1, -0.05) is 44.9 Å². The number of nitrogens with zero attached hydrogens (tertiary/aromatic N) is 1. The van der Waals surface area contributed by atoms with Gasteiger partial charge in [-0.2, -0.15) is 0 Å². The summed E-state index contributed by atoms with van der Waals surface area (Å²) in [5.41, 5.74) is -1.26. The highest BCUT2D eigenvalue weighted by atomic mass is 16.6. The maximum atomic E-state index is 13.6. The smallest absolute Gasteiger partial charge is 0.257 e. The maximum Gasteiger partial charge on any atom is 0.257 e. The lowest BCUT2D eigenvalue weighted by atomic mass is 9.72. The molecule has 0 aromatic heterocycles. The van der Waals surface area contributed by atoms with Gasteiger partial charge in [0.05, 0.1) is 0 Å². The minimum Gasteiger partial charge on any atom is -0.339 e. The van der Waals surface area contributed by atoms with Crippen molar-refractivity contribution in [1.29, 1.82) is 0 Å². The second-order valence-electron chi connectivity index (χ2n) is 10.8. The molecule has 1 N–H and O–H groups in total. The molecule has 1 aliphatic carbocycles. The standard InChI is InChI=1S/C23H42N2O2/c1-20(2)17-22(18-21(3,4)24-20)19(26)25(5)23(27-22)15-13-11-9-7-6-8-10-12-14-16-23/h24H,6-18H2,1-5H3. The molecule has 4 heteroatoms. The Hall–Kier alpha value is -0.610. The van der Waals surface area contributed by atoms with Crippen LogP contribution in [0.5, 0.6) is 0 Å². The molecule has 2 aliphatic heterocycles. The van der Waals surface area contributed by atoms with E-state index in [-0.39, 0.29) is 22.7 Å². The van der Waals surface area contributed by atoms with Crippen LogP contribution in [0.25, 0.3) is 0 Å². The zero-order valence-corrected chi connectivity index (χ0v) is 18.5. The van der Waals surface area contributed by atoms with Crippen LogP contribution < -0.4 is 5.32 Å². The van der Waals surface area contributed by atoms with Crippen molar-refractivity contribution in [3.8, 4) is 0 Å². The van der Waals surface area contributed by atoms with Crippen molar-refractivity contribution in [1.82, 2.24) is 10.2 Å². The van der Waals surface area contributed by atoms with Gasteiger partial charge in [0.15, 0.2) is 5.60 Å². The molecule has 2 spiro atoms. The number of hydrogen-bond donors (Lipinski definition) is 1. The number of rotatable bonds is 0. The number of hydrogen-bond acceptors (Lipinski definition) is 3. The van der Waals surface area contributed by atoms with Crippen LogP contribution in [0.3, 0.4) is 0 Å². The third-order valence-corrected chi connectivity index (χ3v) is 6.96. The Labute approximate surface area is 166 Å². The Morgan fingerprint density at radius 2 is 1.19 bits per heavy atom. The van der Waals surface area contributed by atoms with E-state index >= 15 is 0 Å². The van der Waals surface area contributed by atoms with Crippen LogP contribution in [0.2, 0.25) is 0 Å². The first kappa shape index (κ1) is 21.1. The van der Waals surface area contributed by atoms with E-state index in [0.717, 1.165) is 25.7 Å². The lowest BCUT2D eigenvalue weighted by molar-refractivity contribution is -0.174. The van der Waals surface area contributed by atoms with E-state index in [1.54, 1.807) is 0 Å². The van der Waals surface area contributed by atoms with Gasteiger partial charge in [0.2, 0.25) is 0 Å². The molecule has 0 unspecified atom stereocenters. The third-order valence-electron chi connectivity index (χ3n) is 6.96. The largest absolute Gasteiger partial charge is 0.339 e. The first-order chi connectivity index (χ1) is 12.6. The average Bonchev–Trinajstić information content (AvgIpc) is 2.70. The molecule has 0 aromatic carbocycles. The fourth-order valence-electron chi connectivity index (χ4n) is 6.29. The molecule has 1 amide bonds. The van der Waals surface area contributed by atoms with E-state index in [4.69, 9.17) is 4.74 Å². The summed E-state index contributed by atoms with van der Waals surface area (Å²) in [7, 11) is 2.00. The zero-order chi connectivity index (χ0) is 19.8. The summed E-state index contributed by atoms with van der Waals surface area (Å²) in [5, 5.41) is 3.71. The summed E-state index contributed by atoms with van der Waals surface area (Å²) in [6.45, 7) is 8.83. The summed E-state index contributed by atoms with van der Waals surface area (Å²) in [5.74, 6) is 0.220. The second kappa shape index (κ2) is 7.67. The van der Waals surface area contributed by atoms with Crippen molar-refractivity contribution in [2.24, 2.45) is 0 Å². The van der Waals surface area contributed by atoms with Crippen LogP contribution in [-0.4, -0.2) is 40.3 Å². The van der Waals surface area contributed by atoms with Crippen LogP contribution in [0.1, 0.15) is 111 Å². The minimum atomic E-state index is -0.663. The van der Waals surface area contributed by atoms with Gasteiger partial charge in [-0.25, -0.2) is 0 Å². The molecule has 4 nitrogen and oxygen atoms in total. The maximum absolute atomic E-state index is 13.6. The van der Waals surface area contributed by atoms with Gasteiger partial charge in [0.25, 0.3) is 5.91 Å². The van der Waals surface area contributed by atoms with Crippen molar-refractivity contribution >= 4 is 5.91 Å². The first-order valence-electron chi connectivity index (χ1n) is 11.4. The Balaban J connectivity index is 1.85. The summed E-state index contributed by atoms with van der Waals surface area (Å²) >= 11 is 0. The predicted molar refractivity (Wildman–Crippen MR) is 111 cm³/mol. The number of carbonyl (C=O) groups is 1. The van der Waals surface area contributed by atoms with Gasteiger partial charge in [0.1, 0.15) is 5.72 Å². The van der Waals surface area contributed by atoms with Gasteiger partial charge in [-0.15, -0.1) is 0 Å². The molecule has 0 atom stereocenters. The minimum absolute atomic E-state index is 0.102. The SMILES string of the molecule is CN1C(=O)C2(CC(C)(C)NC(C)(C)C2)OC12CCCCCCCCCCC2. The van der Waals surface area contributed by atoms with Crippen LogP contribution >= 0.6 is 0 Å². The fourth-order valence-corrected chi connectivity index (χ4v) is 6.29. The predicted octanol–water partition coefficient (Wildman–Crippen LogP) is 5.16. The fraction of sp³-hybridized carbons (Fsp3) is 0.957. The topological polar surface area (TPSA) is 41.6 Å². The van der Waals surface area contributed by atoms with E-state index in [1.165, 1.54) is 57.8 Å². The van der Waals surface area contributed by atoms with Crippen molar-refractivity contribution in [2.75, 3.05) is 7.05 Å². The Bertz CT molecular complexity index is 512. The van der Waals surface area contributed by atoms with Gasteiger partial charge in [-0.05, 0) is 53.4 Å². The zero-order valence-electron chi connectivity index (χ0n) is 18.5. The Morgan fingerprint density at radius 1 is 0.778 bits per heavy atom. The van der Waals surface area contributed by atoms with Gasteiger partial charge in [-0.3, -0.25) is 4.79 Å². The lowest BCUT2D eigenvalue weighted by Gasteiger charge is -2.50. The van der Waals surface area contributed by atoms with E-state index in [2.05, 4.69) is 33.0 Å². The van der Waals surface area contributed by atoms with Gasteiger partial charge < -0.3 is 15.0 Å². The third kappa shape index (κ3) is 4.53. The summed E-state index contributed by atoms with van der Waals surface area (Å²) in [6.07, 6.45) is 15.1. The van der Waals surface area contributed by atoms with Crippen molar-refractivity contribution in [2.45, 2.75) is 134 Å².